The summed E-state index contributed by atoms with van der Waals surface area (Å²) in [7, 11) is 0. The molecule has 0 aromatic carbocycles. The fourth-order valence-electron chi connectivity index (χ4n) is 0.470. The maximum atomic E-state index is 2.94. The monoisotopic (exact) mass is 329 g/mol. The van der Waals surface area contributed by atoms with E-state index in [4.69, 9.17) is 0 Å². The van der Waals surface area contributed by atoms with E-state index in [9.17, 15) is 0 Å². The molecule has 1 aliphatic rings. The molecule has 0 N–H and O–H groups in total. The molecule has 0 aromatic rings. The second-order valence-corrected chi connectivity index (χ2v) is 1.46. The van der Waals surface area contributed by atoms with E-state index in [2.05, 4.69) is 6.08 Å². The van der Waals surface area contributed by atoms with Crippen LogP contribution in [0.1, 0.15) is 0 Å². The van der Waals surface area contributed by atoms with Gasteiger partial charge in [0.05, 0.1) is 0 Å². The van der Waals surface area contributed by atoms with Crippen molar-refractivity contribution in [1.82, 2.24) is 0 Å². The van der Waals surface area contributed by atoms with Gasteiger partial charge in [0.1, 0.15) is 0 Å². The van der Waals surface area contributed by atoms with Crippen LogP contribution in [0, 0.1) is 28.4 Å². The van der Waals surface area contributed by atoms with Gasteiger partial charge in [-0.15, -0.1) is 12.2 Å². The predicted octanol–water partition coefficient (Wildman–Crippen LogP) is 3.38. The van der Waals surface area contributed by atoms with Gasteiger partial charge in [-0.3, -0.25) is 0 Å². The summed E-state index contributed by atoms with van der Waals surface area (Å²) < 4.78 is 0. The van der Waals surface area contributed by atoms with Crippen molar-refractivity contribution in [3.05, 3.63) is 70.9 Å². The Labute approximate surface area is 93.3 Å². The van der Waals surface area contributed by atoms with Crippen molar-refractivity contribution in [3.63, 3.8) is 0 Å². The largest absolute Gasteiger partial charge is 0.358 e. The van der Waals surface area contributed by atoms with E-state index in [1.54, 1.807) is 0 Å². The molecule has 0 unspecified atom stereocenters. The van der Waals surface area contributed by atoms with Crippen LogP contribution in [0.15, 0.2) is 42.5 Å². The normalized spacial score (nSPS) is 10.7. The molecular formula is C11H16Ta-4. The molecule has 1 radical (unpaired) electrons. The summed E-state index contributed by atoms with van der Waals surface area (Å²) in [6.07, 6.45) is 16.5. The minimum absolute atomic E-state index is 0. The molecule has 1 aliphatic carbocycles. The molecule has 0 amide bonds. The van der Waals surface area contributed by atoms with Crippen LogP contribution < -0.4 is 0 Å². The van der Waals surface area contributed by atoms with Gasteiger partial charge in [0.25, 0.3) is 0 Å². The van der Waals surface area contributed by atoms with E-state index in [1.165, 1.54) is 0 Å². The standard InChI is InChI=1S/C8H7.3CH3.Ta/c1-2-4-6-8-7-5-3-1;;;;/h1-7H;3*1H3;/q4*-1;. The van der Waals surface area contributed by atoms with E-state index in [0.717, 1.165) is 0 Å². The van der Waals surface area contributed by atoms with Gasteiger partial charge in [0, 0.05) is 22.4 Å². The summed E-state index contributed by atoms with van der Waals surface area (Å²) >= 11 is 0. The van der Waals surface area contributed by atoms with Crippen molar-refractivity contribution in [2.24, 2.45) is 0 Å². The smallest absolute Gasteiger partial charge is 0 e. The van der Waals surface area contributed by atoms with Crippen molar-refractivity contribution < 1.29 is 22.4 Å². The molecule has 12 heavy (non-hydrogen) atoms. The van der Waals surface area contributed by atoms with Crippen LogP contribution >= 0.6 is 0 Å². The van der Waals surface area contributed by atoms with E-state index >= 15 is 0 Å². The second kappa shape index (κ2) is 17.0. The molecule has 0 spiro atoms. The van der Waals surface area contributed by atoms with Crippen molar-refractivity contribution in [1.29, 1.82) is 0 Å². The Kier molecular flexibility index (Phi) is 32.0. The van der Waals surface area contributed by atoms with Gasteiger partial charge < -0.3 is 22.3 Å². The summed E-state index contributed by atoms with van der Waals surface area (Å²) in [6, 6.07) is 0. The maximum absolute atomic E-state index is 2.94. The fourth-order valence-corrected chi connectivity index (χ4v) is 0.470. The van der Waals surface area contributed by atoms with Gasteiger partial charge in [0.2, 0.25) is 0 Å². The molecule has 1 heteroatoms. The molecule has 0 saturated heterocycles. The van der Waals surface area contributed by atoms with Crippen molar-refractivity contribution in [2.45, 2.75) is 0 Å². The molecular weight excluding hydrogens is 313 g/mol. The molecule has 0 atom stereocenters. The Bertz CT molecular complexity index is 106. The van der Waals surface area contributed by atoms with Crippen LogP contribution in [0.5, 0.6) is 0 Å². The zero-order valence-corrected chi connectivity index (χ0v) is 11.2. The first-order chi connectivity index (χ1) is 4.00. The summed E-state index contributed by atoms with van der Waals surface area (Å²) in [5.41, 5.74) is 0. The number of rotatable bonds is 0. The summed E-state index contributed by atoms with van der Waals surface area (Å²) in [6.45, 7) is 0. The molecule has 0 aliphatic heterocycles. The molecule has 0 nitrogen and oxygen atoms in total. The quantitative estimate of drug-likeness (QED) is 0.598. The molecule has 0 fully saturated rings. The third-order valence-electron chi connectivity index (χ3n) is 0.829. The zero-order chi connectivity index (χ0) is 5.66. The minimum atomic E-state index is 0. The topological polar surface area (TPSA) is 0 Å². The maximum Gasteiger partial charge on any atom is 0 e. The van der Waals surface area contributed by atoms with Crippen molar-refractivity contribution >= 4 is 0 Å². The number of allylic oxidation sites excluding steroid dienone is 8. The summed E-state index contributed by atoms with van der Waals surface area (Å²) in [4.78, 5) is 0. The van der Waals surface area contributed by atoms with Gasteiger partial charge in [-0.25, -0.2) is 0 Å². The first-order valence-electron chi connectivity index (χ1n) is 2.58. The van der Waals surface area contributed by atoms with E-state index < -0.39 is 0 Å². The molecule has 0 bridgehead atoms. The van der Waals surface area contributed by atoms with Crippen LogP contribution in [0.25, 0.3) is 0 Å². The van der Waals surface area contributed by atoms with Gasteiger partial charge in [0.15, 0.2) is 0 Å². The number of hydrogen-bond donors (Lipinski definition) is 0. The van der Waals surface area contributed by atoms with Gasteiger partial charge >= 0.3 is 0 Å². The van der Waals surface area contributed by atoms with Crippen LogP contribution in [-0.2, 0) is 22.4 Å². The third kappa shape index (κ3) is 12.4. The van der Waals surface area contributed by atoms with E-state index in [-0.39, 0.29) is 44.7 Å². The molecule has 0 saturated carbocycles. The summed E-state index contributed by atoms with van der Waals surface area (Å²) in [5.74, 6) is 0. The first-order valence-corrected chi connectivity index (χ1v) is 2.58. The van der Waals surface area contributed by atoms with Crippen LogP contribution in [0.4, 0.5) is 0 Å². The van der Waals surface area contributed by atoms with Crippen molar-refractivity contribution in [3.8, 4) is 0 Å². The molecule has 69 valence electrons. The SMILES string of the molecule is [C-]1=CC=CC=CC=C1.[CH3-].[CH3-].[CH3-].[Ta]. The average Bonchev–Trinajstić information content (AvgIpc) is 1.62. The first kappa shape index (κ1) is 22.6. The Balaban J connectivity index is -0.0000000800. The minimum Gasteiger partial charge on any atom is -0.358 e. The zero-order valence-electron chi connectivity index (χ0n) is 7.99. The Morgan fingerprint density at radius 1 is 0.667 bits per heavy atom. The molecule has 0 heterocycles. The van der Waals surface area contributed by atoms with Gasteiger partial charge in [-0.2, -0.15) is 30.4 Å². The molecule has 1 rings (SSSR count). The molecule has 0 aromatic heterocycles. The average molecular weight is 329 g/mol. The predicted molar refractivity (Wildman–Crippen MR) is 54.5 cm³/mol. The fraction of sp³-hybridized carbons (Fsp3) is 0. The Morgan fingerprint density at radius 3 is 1.83 bits per heavy atom. The van der Waals surface area contributed by atoms with Gasteiger partial charge in [-0.1, -0.05) is 6.08 Å². The van der Waals surface area contributed by atoms with Crippen molar-refractivity contribution in [2.75, 3.05) is 0 Å². The summed E-state index contributed by atoms with van der Waals surface area (Å²) in [5, 5.41) is 0. The van der Waals surface area contributed by atoms with Gasteiger partial charge in [-0.05, 0) is 0 Å². The van der Waals surface area contributed by atoms with E-state index in [1.807, 2.05) is 42.5 Å². The van der Waals surface area contributed by atoms with Crippen LogP contribution in [0.3, 0.4) is 0 Å². The Hall–Kier alpha value is -0.300. The number of hydrogen-bond acceptors (Lipinski definition) is 0. The van der Waals surface area contributed by atoms with Crippen LogP contribution in [-0.4, -0.2) is 0 Å². The third-order valence-corrected chi connectivity index (χ3v) is 0.829. The second-order valence-electron chi connectivity index (χ2n) is 1.46. The Morgan fingerprint density at radius 2 is 1.17 bits per heavy atom. The van der Waals surface area contributed by atoms with Crippen LogP contribution in [0.2, 0.25) is 0 Å². The van der Waals surface area contributed by atoms with E-state index in [0.29, 0.717) is 0 Å².